The summed E-state index contributed by atoms with van der Waals surface area (Å²) in [6.45, 7) is 2.88. The fraction of sp³-hybridized carbons (Fsp3) is 0.500. The topological polar surface area (TPSA) is 50.2 Å². The molecular formula is C8H9F2NO2S. The summed E-state index contributed by atoms with van der Waals surface area (Å²) >= 11 is 0.762. The van der Waals surface area contributed by atoms with E-state index in [-0.39, 0.29) is 15.6 Å². The molecular weight excluding hydrogens is 212 g/mol. The molecule has 0 aliphatic rings. The minimum absolute atomic E-state index is 0.145. The fourth-order valence-electron chi connectivity index (χ4n) is 0.923. The SMILES string of the molecule is Cc1nc(C(C)C(=O)O)sc1C(F)F. The van der Waals surface area contributed by atoms with E-state index >= 15 is 0 Å². The number of rotatable bonds is 3. The van der Waals surface area contributed by atoms with Crippen molar-refractivity contribution in [1.29, 1.82) is 0 Å². The van der Waals surface area contributed by atoms with Crippen LogP contribution in [-0.4, -0.2) is 16.1 Å². The number of carboxylic acids is 1. The molecule has 1 N–H and O–H groups in total. The number of aryl methyl sites for hydroxylation is 1. The molecule has 0 saturated carbocycles. The zero-order valence-electron chi connectivity index (χ0n) is 7.62. The van der Waals surface area contributed by atoms with Crippen LogP contribution in [0.2, 0.25) is 0 Å². The van der Waals surface area contributed by atoms with E-state index in [0.29, 0.717) is 0 Å². The van der Waals surface area contributed by atoms with Gasteiger partial charge in [0.15, 0.2) is 0 Å². The predicted octanol–water partition coefficient (Wildman–Crippen LogP) is 2.58. The van der Waals surface area contributed by atoms with Gasteiger partial charge in [0.1, 0.15) is 10.9 Å². The van der Waals surface area contributed by atoms with E-state index in [2.05, 4.69) is 4.98 Å². The van der Waals surface area contributed by atoms with Crippen molar-refractivity contribution in [3.05, 3.63) is 15.6 Å². The van der Waals surface area contributed by atoms with E-state index in [1.54, 1.807) is 0 Å². The second-order valence-corrected chi connectivity index (χ2v) is 3.92. The molecule has 1 heterocycles. The molecule has 0 aliphatic heterocycles. The molecule has 1 unspecified atom stereocenters. The first-order valence-electron chi connectivity index (χ1n) is 3.91. The summed E-state index contributed by atoms with van der Waals surface area (Å²) < 4.78 is 24.7. The van der Waals surface area contributed by atoms with Gasteiger partial charge in [0.25, 0.3) is 6.43 Å². The van der Waals surface area contributed by atoms with E-state index in [1.165, 1.54) is 13.8 Å². The van der Waals surface area contributed by atoms with Crippen LogP contribution in [0.1, 0.15) is 34.8 Å². The van der Waals surface area contributed by atoms with Crippen LogP contribution < -0.4 is 0 Å². The largest absolute Gasteiger partial charge is 0.481 e. The van der Waals surface area contributed by atoms with Gasteiger partial charge in [-0.05, 0) is 13.8 Å². The number of halogens is 2. The third kappa shape index (κ3) is 2.06. The molecule has 0 aromatic carbocycles. The standard InChI is InChI=1S/C8H9F2NO2S/c1-3(8(12)13)7-11-4(2)5(14-7)6(9)10/h3,6H,1-2H3,(H,12,13). The van der Waals surface area contributed by atoms with Gasteiger partial charge in [-0.25, -0.2) is 13.8 Å². The Bertz CT molecular complexity index is 351. The molecule has 1 rings (SSSR count). The highest BCUT2D eigenvalue weighted by Gasteiger charge is 2.22. The van der Waals surface area contributed by atoms with Gasteiger partial charge in [0.05, 0.1) is 10.6 Å². The van der Waals surface area contributed by atoms with Crippen molar-refractivity contribution in [2.24, 2.45) is 0 Å². The maximum atomic E-state index is 12.3. The van der Waals surface area contributed by atoms with Crippen molar-refractivity contribution in [1.82, 2.24) is 4.98 Å². The summed E-state index contributed by atoms with van der Waals surface area (Å²) in [6.07, 6.45) is -2.58. The van der Waals surface area contributed by atoms with Crippen LogP contribution in [0.15, 0.2) is 0 Å². The summed E-state index contributed by atoms with van der Waals surface area (Å²) in [7, 11) is 0. The zero-order chi connectivity index (χ0) is 10.9. The van der Waals surface area contributed by atoms with Crippen LogP contribution in [0, 0.1) is 6.92 Å². The Morgan fingerprint density at radius 1 is 1.57 bits per heavy atom. The van der Waals surface area contributed by atoms with Crippen molar-refractivity contribution in [2.45, 2.75) is 26.2 Å². The molecule has 0 saturated heterocycles. The Balaban J connectivity index is 3.02. The molecule has 78 valence electrons. The predicted molar refractivity (Wildman–Crippen MR) is 47.9 cm³/mol. The van der Waals surface area contributed by atoms with Crippen molar-refractivity contribution >= 4 is 17.3 Å². The van der Waals surface area contributed by atoms with E-state index in [1.807, 2.05) is 0 Å². The Labute approximate surface area is 83.4 Å². The number of hydrogen-bond acceptors (Lipinski definition) is 3. The lowest BCUT2D eigenvalue weighted by molar-refractivity contribution is -0.138. The quantitative estimate of drug-likeness (QED) is 0.853. The van der Waals surface area contributed by atoms with Gasteiger partial charge in [-0.1, -0.05) is 0 Å². The summed E-state index contributed by atoms with van der Waals surface area (Å²) in [4.78, 5) is 14.2. The molecule has 6 heteroatoms. The second-order valence-electron chi connectivity index (χ2n) is 2.86. The Morgan fingerprint density at radius 3 is 2.50 bits per heavy atom. The van der Waals surface area contributed by atoms with Crippen LogP contribution >= 0.6 is 11.3 Å². The van der Waals surface area contributed by atoms with Crippen LogP contribution in [0.5, 0.6) is 0 Å². The van der Waals surface area contributed by atoms with Crippen molar-refractivity contribution < 1.29 is 18.7 Å². The molecule has 3 nitrogen and oxygen atoms in total. The Kier molecular flexibility index (Phi) is 3.15. The zero-order valence-corrected chi connectivity index (χ0v) is 8.44. The minimum atomic E-state index is -2.58. The third-order valence-electron chi connectivity index (χ3n) is 1.79. The lowest BCUT2D eigenvalue weighted by Crippen LogP contribution is -2.06. The number of hydrogen-bond donors (Lipinski definition) is 1. The normalized spacial score (nSPS) is 13.2. The van der Waals surface area contributed by atoms with E-state index in [9.17, 15) is 13.6 Å². The number of alkyl halides is 2. The Morgan fingerprint density at radius 2 is 2.14 bits per heavy atom. The molecule has 1 atom stereocenters. The molecule has 0 amide bonds. The number of thiazole rings is 1. The second kappa shape index (κ2) is 4.00. The highest BCUT2D eigenvalue weighted by molar-refractivity contribution is 7.12. The average molecular weight is 221 g/mol. The molecule has 0 aliphatic carbocycles. The number of nitrogens with zero attached hydrogens (tertiary/aromatic N) is 1. The monoisotopic (exact) mass is 221 g/mol. The van der Waals surface area contributed by atoms with Crippen molar-refractivity contribution in [3.63, 3.8) is 0 Å². The molecule has 0 spiro atoms. The number of carbonyl (C=O) groups is 1. The van der Waals surface area contributed by atoms with Crippen molar-refractivity contribution in [2.75, 3.05) is 0 Å². The lowest BCUT2D eigenvalue weighted by atomic mass is 10.2. The molecule has 1 aromatic heterocycles. The molecule has 14 heavy (non-hydrogen) atoms. The van der Waals surface area contributed by atoms with E-state index in [4.69, 9.17) is 5.11 Å². The van der Waals surface area contributed by atoms with Gasteiger partial charge in [-0.2, -0.15) is 0 Å². The van der Waals surface area contributed by atoms with Crippen LogP contribution in [0.25, 0.3) is 0 Å². The maximum Gasteiger partial charge on any atom is 0.313 e. The number of aromatic nitrogens is 1. The van der Waals surface area contributed by atoms with Crippen LogP contribution in [-0.2, 0) is 4.79 Å². The first-order valence-corrected chi connectivity index (χ1v) is 4.73. The summed E-state index contributed by atoms with van der Waals surface area (Å²) in [5.74, 6) is -1.88. The van der Waals surface area contributed by atoms with Gasteiger partial charge < -0.3 is 5.11 Å². The highest BCUT2D eigenvalue weighted by atomic mass is 32.1. The molecule has 1 aromatic rings. The summed E-state index contributed by atoms with van der Waals surface area (Å²) in [5.41, 5.74) is 0.216. The summed E-state index contributed by atoms with van der Waals surface area (Å²) in [6, 6.07) is 0. The number of carboxylic acid groups (broad SMARTS) is 1. The average Bonchev–Trinajstić information content (AvgIpc) is 2.45. The summed E-state index contributed by atoms with van der Waals surface area (Å²) in [5, 5.41) is 8.88. The molecule has 0 bridgehead atoms. The first-order chi connectivity index (χ1) is 6.43. The van der Waals surface area contributed by atoms with E-state index in [0.717, 1.165) is 11.3 Å². The van der Waals surface area contributed by atoms with Gasteiger partial charge in [0, 0.05) is 0 Å². The Hall–Kier alpha value is -1.04. The molecule has 0 fully saturated rings. The maximum absolute atomic E-state index is 12.3. The van der Waals surface area contributed by atoms with Gasteiger partial charge in [0.2, 0.25) is 0 Å². The highest BCUT2D eigenvalue weighted by Crippen LogP contribution is 2.32. The van der Waals surface area contributed by atoms with E-state index < -0.39 is 18.3 Å². The fourth-order valence-corrected chi connectivity index (χ4v) is 1.89. The first kappa shape index (κ1) is 11.0. The van der Waals surface area contributed by atoms with Crippen LogP contribution in [0.3, 0.4) is 0 Å². The van der Waals surface area contributed by atoms with Gasteiger partial charge in [-0.3, -0.25) is 4.79 Å². The van der Waals surface area contributed by atoms with Gasteiger partial charge >= 0.3 is 5.97 Å². The molecule has 0 radical (unpaired) electrons. The van der Waals surface area contributed by atoms with Crippen molar-refractivity contribution in [3.8, 4) is 0 Å². The smallest absolute Gasteiger partial charge is 0.313 e. The minimum Gasteiger partial charge on any atom is -0.481 e. The van der Waals surface area contributed by atoms with Gasteiger partial charge in [-0.15, -0.1) is 11.3 Å². The van der Waals surface area contributed by atoms with Crippen LogP contribution in [0.4, 0.5) is 8.78 Å². The lowest BCUT2D eigenvalue weighted by Gasteiger charge is -1.98. The third-order valence-corrected chi connectivity index (χ3v) is 3.14. The number of aliphatic carboxylic acids is 1.